The van der Waals surface area contributed by atoms with Crippen LogP contribution in [0.5, 0.6) is 0 Å². The van der Waals surface area contributed by atoms with Crippen molar-refractivity contribution in [3.63, 3.8) is 0 Å². The summed E-state index contributed by atoms with van der Waals surface area (Å²) in [5.74, 6) is -0.428. The first-order chi connectivity index (χ1) is 10.0. The van der Waals surface area contributed by atoms with Crippen molar-refractivity contribution in [2.24, 2.45) is 5.92 Å². The van der Waals surface area contributed by atoms with Crippen LogP contribution >= 0.6 is 0 Å². The molecule has 0 saturated carbocycles. The summed E-state index contributed by atoms with van der Waals surface area (Å²) in [5.41, 5.74) is 6.10. The van der Waals surface area contributed by atoms with E-state index in [0.29, 0.717) is 0 Å². The lowest BCUT2D eigenvalue weighted by Crippen LogP contribution is -2.51. The number of carbonyl (C=O) groups is 2. The number of amides is 2. The lowest BCUT2D eigenvalue weighted by molar-refractivity contribution is -0.123. The van der Waals surface area contributed by atoms with Gasteiger partial charge >= 0.3 is 6.09 Å². The Morgan fingerprint density at radius 3 is 2.52 bits per heavy atom. The molecule has 0 aliphatic carbocycles. The maximum absolute atomic E-state index is 12.1. The topological polar surface area (TPSA) is 79.5 Å². The molecule has 3 N–H and O–H groups in total. The van der Waals surface area contributed by atoms with E-state index in [-0.39, 0.29) is 18.4 Å². The molecule has 1 aromatic rings. The Bertz CT molecular complexity index is 474. The van der Waals surface area contributed by atoms with Gasteiger partial charge in [-0.3, -0.25) is 15.6 Å². The van der Waals surface area contributed by atoms with Crippen LogP contribution in [0.15, 0.2) is 43.0 Å². The second-order valence-corrected chi connectivity index (χ2v) is 4.73. The van der Waals surface area contributed by atoms with E-state index in [4.69, 9.17) is 4.74 Å². The Kier molecular flexibility index (Phi) is 6.80. The van der Waals surface area contributed by atoms with Gasteiger partial charge in [-0.05, 0) is 18.1 Å². The highest BCUT2D eigenvalue weighted by atomic mass is 16.5. The third-order valence-corrected chi connectivity index (χ3v) is 2.66. The summed E-state index contributed by atoms with van der Waals surface area (Å²) in [6, 6.07) is 8.51. The number of rotatable bonds is 7. The quantitative estimate of drug-likeness (QED) is 0.531. The highest BCUT2D eigenvalue weighted by Gasteiger charge is 2.24. The number of hydrazine groups is 1. The Morgan fingerprint density at radius 2 is 1.95 bits per heavy atom. The summed E-state index contributed by atoms with van der Waals surface area (Å²) in [6.07, 6.45) is 0.810. The van der Waals surface area contributed by atoms with Crippen LogP contribution in [0.1, 0.15) is 13.8 Å². The van der Waals surface area contributed by atoms with E-state index < -0.39 is 12.1 Å². The lowest BCUT2D eigenvalue weighted by Gasteiger charge is -2.21. The van der Waals surface area contributed by atoms with Gasteiger partial charge in [0.2, 0.25) is 0 Å². The van der Waals surface area contributed by atoms with Crippen LogP contribution in [-0.2, 0) is 9.53 Å². The molecule has 0 spiro atoms. The summed E-state index contributed by atoms with van der Waals surface area (Å²) in [6.45, 7) is 7.22. The van der Waals surface area contributed by atoms with Crippen LogP contribution < -0.4 is 16.2 Å². The Balaban J connectivity index is 2.53. The minimum Gasteiger partial charge on any atom is -0.445 e. The monoisotopic (exact) mass is 291 g/mol. The number of hydrogen-bond acceptors (Lipinski definition) is 4. The van der Waals surface area contributed by atoms with E-state index in [0.717, 1.165) is 5.69 Å². The molecular formula is C15H21N3O3. The van der Waals surface area contributed by atoms with Crippen molar-refractivity contribution >= 4 is 17.7 Å². The number of ether oxygens (including phenoxy) is 1. The normalized spacial score (nSPS) is 11.4. The molecule has 114 valence electrons. The van der Waals surface area contributed by atoms with Crippen molar-refractivity contribution in [2.75, 3.05) is 12.0 Å². The second-order valence-electron chi connectivity index (χ2n) is 4.73. The van der Waals surface area contributed by atoms with E-state index in [9.17, 15) is 9.59 Å². The highest BCUT2D eigenvalue weighted by molar-refractivity contribution is 5.86. The number of para-hydroxylation sites is 1. The number of anilines is 1. The molecule has 0 saturated heterocycles. The molecule has 0 fully saturated rings. The van der Waals surface area contributed by atoms with Gasteiger partial charge in [-0.1, -0.05) is 44.7 Å². The molecule has 0 aliphatic heterocycles. The molecule has 6 heteroatoms. The number of nitrogens with one attached hydrogen (secondary N) is 3. The first-order valence-corrected chi connectivity index (χ1v) is 6.69. The predicted octanol–water partition coefficient (Wildman–Crippen LogP) is 2.07. The molecule has 0 radical (unpaired) electrons. The van der Waals surface area contributed by atoms with Crippen molar-refractivity contribution in [3.05, 3.63) is 43.0 Å². The van der Waals surface area contributed by atoms with Gasteiger partial charge in [0, 0.05) is 0 Å². The zero-order valence-corrected chi connectivity index (χ0v) is 12.3. The zero-order chi connectivity index (χ0) is 15.7. The fourth-order valence-electron chi connectivity index (χ4n) is 1.57. The van der Waals surface area contributed by atoms with E-state index in [1.807, 2.05) is 44.2 Å². The van der Waals surface area contributed by atoms with Crippen molar-refractivity contribution in [3.8, 4) is 0 Å². The van der Waals surface area contributed by atoms with Gasteiger partial charge in [0.15, 0.2) is 0 Å². The van der Waals surface area contributed by atoms with Crippen molar-refractivity contribution < 1.29 is 14.3 Å². The Morgan fingerprint density at radius 1 is 1.29 bits per heavy atom. The minimum absolute atomic E-state index is 0.0844. The van der Waals surface area contributed by atoms with Gasteiger partial charge in [0.05, 0.1) is 5.69 Å². The van der Waals surface area contributed by atoms with Crippen LogP contribution in [0.25, 0.3) is 0 Å². The molecule has 1 unspecified atom stereocenters. The molecule has 0 aromatic heterocycles. The van der Waals surface area contributed by atoms with Gasteiger partial charge in [0.25, 0.3) is 5.91 Å². The molecule has 0 heterocycles. The molecule has 1 atom stereocenters. The summed E-state index contributed by atoms with van der Waals surface area (Å²) < 4.78 is 4.82. The van der Waals surface area contributed by atoms with Gasteiger partial charge in [0.1, 0.15) is 12.6 Å². The third kappa shape index (κ3) is 5.99. The standard InChI is InChI=1S/C15H21N3O3/c1-4-10-21-15(20)16-13(11(2)3)14(19)18-17-12-8-6-5-7-9-12/h4-9,11,13,17H,1,10H2,2-3H3,(H,16,20)(H,18,19). The van der Waals surface area contributed by atoms with E-state index in [1.165, 1.54) is 6.08 Å². The van der Waals surface area contributed by atoms with Crippen LogP contribution in [-0.4, -0.2) is 24.6 Å². The maximum atomic E-state index is 12.1. The summed E-state index contributed by atoms with van der Waals surface area (Å²) in [4.78, 5) is 23.6. The molecular weight excluding hydrogens is 270 g/mol. The van der Waals surface area contributed by atoms with E-state index in [1.54, 1.807) is 0 Å². The maximum Gasteiger partial charge on any atom is 0.408 e. The summed E-state index contributed by atoms with van der Waals surface area (Å²) in [7, 11) is 0. The number of alkyl carbamates (subject to hydrolysis) is 1. The van der Waals surface area contributed by atoms with E-state index >= 15 is 0 Å². The molecule has 1 aromatic carbocycles. The van der Waals surface area contributed by atoms with Crippen molar-refractivity contribution in [1.29, 1.82) is 0 Å². The molecule has 21 heavy (non-hydrogen) atoms. The van der Waals surface area contributed by atoms with Gasteiger partial charge in [-0.15, -0.1) is 0 Å². The van der Waals surface area contributed by atoms with Gasteiger partial charge in [-0.25, -0.2) is 4.79 Å². The largest absolute Gasteiger partial charge is 0.445 e. The molecule has 0 aliphatic rings. The van der Waals surface area contributed by atoms with Crippen LogP contribution in [0.3, 0.4) is 0 Å². The minimum atomic E-state index is -0.696. The Labute approximate surface area is 124 Å². The van der Waals surface area contributed by atoms with E-state index in [2.05, 4.69) is 22.7 Å². The first kappa shape index (κ1) is 16.6. The smallest absolute Gasteiger partial charge is 0.408 e. The zero-order valence-electron chi connectivity index (χ0n) is 12.3. The lowest BCUT2D eigenvalue weighted by atomic mass is 10.0. The van der Waals surface area contributed by atoms with Crippen molar-refractivity contribution in [1.82, 2.24) is 10.7 Å². The third-order valence-electron chi connectivity index (χ3n) is 2.66. The molecule has 6 nitrogen and oxygen atoms in total. The summed E-state index contributed by atoms with van der Waals surface area (Å²) >= 11 is 0. The molecule has 0 bridgehead atoms. The number of benzene rings is 1. The number of hydrogen-bond donors (Lipinski definition) is 3. The van der Waals surface area contributed by atoms with Crippen molar-refractivity contribution in [2.45, 2.75) is 19.9 Å². The number of carbonyl (C=O) groups excluding carboxylic acids is 2. The van der Waals surface area contributed by atoms with Crippen LogP contribution in [0.4, 0.5) is 10.5 Å². The fourth-order valence-corrected chi connectivity index (χ4v) is 1.57. The fraction of sp³-hybridized carbons (Fsp3) is 0.333. The van der Waals surface area contributed by atoms with Gasteiger partial charge < -0.3 is 10.1 Å². The highest BCUT2D eigenvalue weighted by Crippen LogP contribution is 2.05. The Hall–Kier alpha value is -2.50. The first-order valence-electron chi connectivity index (χ1n) is 6.69. The average molecular weight is 291 g/mol. The predicted molar refractivity (Wildman–Crippen MR) is 81.5 cm³/mol. The molecule has 1 rings (SSSR count). The second kappa shape index (κ2) is 8.63. The van der Waals surface area contributed by atoms with Crippen LogP contribution in [0, 0.1) is 5.92 Å². The SMILES string of the molecule is C=CCOC(=O)NC(C(=O)NNc1ccccc1)C(C)C. The molecule has 2 amide bonds. The average Bonchev–Trinajstić information content (AvgIpc) is 2.49. The summed E-state index contributed by atoms with van der Waals surface area (Å²) in [5, 5.41) is 2.53. The van der Waals surface area contributed by atoms with Crippen LogP contribution in [0.2, 0.25) is 0 Å². The van der Waals surface area contributed by atoms with Gasteiger partial charge in [-0.2, -0.15) is 0 Å².